The fourth-order valence-electron chi connectivity index (χ4n) is 6.58. The third kappa shape index (κ3) is 5.81. The molecule has 2 N–H and O–H groups in total. The monoisotopic (exact) mass is 514 g/mol. The third-order valence-electron chi connectivity index (χ3n) is 8.80. The molecule has 0 amide bonds. The second-order valence-corrected chi connectivity index (χ2v) is 13.6. The summed E-state index contributed by atoms with van der Waals surface area (Å²) in [7, 11) is -3.81. The van der Waals surface area contributed by atoms with E-state index in [4.69, 9.17) is 4.18 Å². The van der Waals surface area contributed by atoms with Gasteiger partial charge in [-0.1, -0.05) is 51.0 Å². The molecule has 36 heavy (non-hydrogen) atoms. The topological polar surface area (TPSA) is 83.8 Å². The molecule has 0 radical (unpaired) electrons. The van der Waals surface area contributed by atoms with Crippen molar-refractivity contribution in [3.05, 3.63) is 59.2 Å². The first-order valence-corrected chi connectivity index (χ1v) is 14.8. The van der Waals surface area contributed by atoms with Crippen molar-refractivity contribution in [3.63, 3.8) is 0 Å². The number of benzene rings is 2. The van der Waals surface area contributed by atoms with Crippen LogP contribution in [0.25, 0.3) is 0 Å². The van der Waals surface area contributed by atoms with E-state index in [0.717, 1.165) is 37.7 Å². The average molecular weight is 515 g/mol. The van der Waals surface area contributed by atoms with Crippen molar-refractivity contribution in [3.8, 4) is 5.75 Å². The van der Waals surface area contributed by atoms with E-state index in [1.165, 1.54) is 11.1 Å². The molecule has 0 aliphatic heterocycles. The second-order valence-electron chi connectivity index (χ2n) is 11.9. The molecule has 2 aliphatic rings. The second kappa shape index (κ2) is 10.5. The Kier molecular flexibility index (Phi) is 7.89. The fourth-order valence-corrected chi connectivity index (χ4v) is 7.52. The van der Waals surface area contributed by atoms with Crippen molar-refractivity contribution < 1.29 is 22.8 Å². The van der Waals surface area contributed by atoms with Crippen LogP contribution >= 0.6 is 0 Å². The molecule has 0 unspecified atom stereocenters. The molecule has 0 saturated heterocycles. The Morgan fingerprint density at radius 1 is 1.11 bits per heavy atom. The molecule has 0 aromatic heterocycles. The highest BCUT2D eigenvalue weighted by Gasteiger charge is 2.53. The number of phenols is 1. The van der Waals surface area contributed by atoms with Gasteiger partial charge in [0.1, 0.15) is 5.75 Å². The Labute approximate surface area is 217 Å². The van der Waals surface area contributed by atoms with Crippen LogP contribution in [0.3, 0.4) is 0 Å². The van der Waals surface area contributed by atoms with Gasteiger partial charge in [0.25, 0.3) is 10.1 Å². The summed E-state index contributed by atoms with van der Waals surface area (Å²) in [5.74, 6) is 1.51. The van der Waals surface area contributed by atoms with Gasteiger partial charge in [0, 0.05) is 0 Å². The van der Waals surface area contributed by atoms with Gasteiger partial charge < -0.3 is 10.2 Å². The minimum atomic E-state index is -3.81. The first-order chi connectivity index (χ1) is 16.9. The molecule has 6 heteroatoms. The number of phenolic OH excluding ortho intramolecular Hbond substituents is 1. The van der Waals surface area contributed by atoms with Crippen molar-refractivity contribution in [2.45, 2.75) is 95.5 Å². The van der Waals surface area contributed by atoms with Crippen LogP contribution in [0, 0.1) is 24.2 Å². The van der Waals surface area contributed by atoms with Crippen molar-refractivity contribution in [1.82, 2.24) is 0 Å². The van der Waals surface area contributed by atoms with E-state index in [1.807, 2.05) is 13.0 Å². The summed E-state index contributed by atoms with van der Waals surface area (Å²) in [4.78, 5) is 0.163. The molecule has 1 fully saturated rings. The number of aryl methyl sites for hydroxylation is 2. The Hall–Kier alpha value is -1.89. The van der Waals surface area contributed by atoms with Gasteiger partial charge in [-0.3, -0.25) is 4.18 Å². The Morgan fingerprint density at radius 3 is 2.53 bits per heavy atom. The fraction of sp³-hybridized carbons (Fsp3) is 0.600. The van der Waals surface area contributed by atoms with Crippen LogP contribution < -0.4 is 0 Å². The number of hydrogen-bond donors (Lipinski definition) is 2. The van der Waals surface area contributed by atoms with Gasteiger partial charge in [-0.25, -0.2) is 0 Å². The average Bonchev–Trinajstić information content (AvgIpc) is 2.81. The van der Waals surface area contributed by atoms with E-state index in [1.54, 1.807) is 30.3 Å². The zero-order valence-corrected chi connectivity index (χ0v) is 23.0. The van der Waals surface area contributed by atoms with Crippen LogP contribution in [-0.4, -0.2) is 30.8 Å². The van der Waals surface area contributed by atoms with Crippen molar-refractivity contribution in [1.29, 1.82) is 0 Å². The number of fused-ring (bicyclic) bond motifs is 3. The highest BCUT2D eigenvalue weighted by Crippen LogP contribution is 2.60. The lowest BCUT2D eigenvalue weighted by molar-refractivity contribution is -0.0932. The maximum atomic E-state index is 12.6. The van der Waals surface area contributed by atoms with Gasteiger partial charge in [0.05, 0.1) is 17.1 Å². The number of aliphatic hydroxyl groups is 1. The lowest BCUT2D eigenvalue weighted by Crippen LogP contribution is -2.50. The maximum absolute atomic E-state index is 12.6. The Balaban J connectivity index is 1.48. The first-order valence-electron chi connectivity index (χ1n) is 13.4. The highest BCUT2D eigenvalue weighted by atomic mass is 32.2. The lowest BCUT2D eigenvalue weighted by atomic mass is 9.50. The zero-order valence-electron chi connectivity index (χ0n) is 22.2. The van der Waals surface area contributed by atoms with Crippen molar-refractivity contribution in [2.24, 2.45) is 17.3 Å². The third-order valence-corrected chi connectivity index (χ3v) is 10.1. The molecule has 2 aromatic rings. The van der Waals surface area contributed by atoms with Crippen LogP contribution in [0.4, 0.5) is 0 Å². The summed E-state index contributed by atoms with van der Waals surface area (Å²) in [6.07, 6.45) is 6.61. The van der Waals surface area contributed by atoms with Crippen LogP contribution in [0.5, 0.6) is 5.75 Å². The molecule has 1 saturated carbocycles. The van der Waals surface area contributed by atoms with E-state index in [-0.39, 0.29) is 22.8 Å². The summed E-state index contributed by atoms with van der Waals surface area (Å²) in [5.41, 5.74) is 2.68. The number of rotatable bonds is 9. The minimum Gasteiger partial charge on any atom is -0.508 e. The molecule has 2 aromatic carbocycles. The summed E-state index contributed by atoms with van der Waals surface area (Å²) in [6, 6.07) is 12.4. The van der Waals surface area contributed by atoms with Gasteiger partial charge in [0.2, 0.25) is 0 Å². The molecule has 198 valence electrons. The van der Waals surface area contributed by atoms with Crippen molar-refractivity contribution >= 4 is 10.1 Å². The van der Waals surface area contributed by atoms with Crippen molar-refractivity contribution in [2.75, 3.05) is 6.61 Å². The van der Waals surface area contributed by atoms with Crippen LogP contribution in [0.1, 0.15) is 88.3 Å². The van der Waals surface area contributed by atoms with Crippen LogP contribution in [0.2, 0.25) is 0 Å². The van der Waals surface area contributed by atoms with E-state index in [2.05, 4.69) is 26.8 Å². The standard InChI is InChI=1S/C30H42O5S/c1-21(2)6-9-24-19-30(32,15-5-17-35-36(33,34)26-11-7-22(3)8-12-26)20-28-27-13-10-25(31)18-23(27)14-16-29(24,28)4/h7-8,10-13,18,21,24,28,31-32H,5-6,9,14-17,19-20H2,1-4H3/t24-,28+,29-,30+/m0/s1. The predicted octanol–water partition coefficient (Wildman–Crippen LogP) is 6.50. The molecular formula is C30H42O5S. The first kappa shape index (κ1) is 27.2. The van der Waals surface area contributed by atoms with E-state index in [9.17, 15) is 18.6 Å². The Morgan fingerprint density at radius 2 is 1.83 bits per heavy atom. The van der Waals surface area contributed by atoms with E-state index >= 15 is 0 Å². The number of hydrogen-bond acceptors (Lipinski definition) is 5. The van der Waals surface area contributed by atoms with Crippen LogP contribution in [0.15, 0.2) is 47.4 Å². The molecular weight excluding hydrogens is 472 g/mol. The van der Waals surface area contributed by atoms with Crippen LogP contribution in [-0.2, 0) is 20.7 Å². The highest BCUT2D eigenvalue weighted by molar-refractivity contribution is 7.86. The molecule has 2 aliphatic carbocycles. The van der Waals surface area contributed by atoms with E-state index < -0.39 is 15.7 Å². The summed E-state index contributed by atoms with van der Waals surface area (Å²) >= 11 is 0. The van der Waals surface area contributed by atoms with E-state index in [0.29, 0.717) is 36.8 Å². The maximum Gasteiger partial charge on any atom is 0.296 e. The molecule has 4 atom stereocenters. The quantitative estimate of drug-likeness (QED) is 0.295. The van der Waals surface area contributed by atoms with Gasteiger partial charge >= 0.3 is 0 Å². The minimum absolute atomic E-state index is 0.0571. The Bertz CT molecular complexity index is 1160. The molecule has 0 spiro atoms. The smallest absolute Gasteiger partial charge is 0.296 e. The molecule has 4 rings (SSSR count). The molecule has 5 nitrogen and oxygen atoms in total. The summed E-state index contributed by atoms with van der Waals surface area (Å²) in [6.45, 7) is 8.87. The molecule has 0 bridgehead atoms. The zero-order chi connectivity index (χ0) is 26.1. The largest absolute Gasteiger partial charge is 0.508 e. The lowest BCUT2D eigenvalue weighted by Gasteiger charge is -2.56. The predicted molar refractivity (Wildman–Crippen MR) is 143 cm³/mol. The van der Waals surface area contributed by atoms with Gasteiger partial charge in [-0.05, 0) is 110 Å². The summed E-state index contributed by atoms with van der Waals surface area (Å²) in [5, 5.41) is 21.9. The van der Waals surface area contributed by atoms with Gasteiger partial charge in [0.15, 0.2) is 0 Å². The van der Waals surface area contributed by atoms with Gasteiger partial charge in [-0.2, -0.15) is 8.42 Å². The normalized spacial score (nSPS) is 28.1. The number of aromatic hydroxyl groups is 1. The SMILES string of the molecule is Cc1ccc(S(=O)(=O)OCCC[C@@]2(O)C[C@H](CCC(C)C)[C@]3(C)CCc4cc(O)ccc4[C@H]3C2)cc1. The summed E-state index contributed by atoms with van der Waals surface area (Å²) < 4.78 is 30.5. The molecule has 0 heterocycles. The van der Waals surface area contributed by atoms with Gasteiger partial charge in [-0.15, -0.1) is 0 Å².